The van der Waals surface area contributed by atoms with Gasteiger partial charge >= 0.3 is 11.9 Å². The molecule has 2 rings (SSSR count). The SMILES string of the molecule is COC(=O)C(CCCC=C(c1ccccc1)c1ccccc1)C(=O)OC. The number of benzene rings is 2. The molecule has 0 spiro atoms. The fourth-order valence-electron chi connectivity index (χ4n) is 2.82. The molecule has 0 aromatic heterocycles. The molecule has 0 saturated carbocycles. The predicted octanol–water partition coefficient (Wildman–Crippen LogP) is 4.25. The summed E-state index contributed by atoms with van der Waals surface area (Å²) in [5.41, 5.74) is 3.41. The minimum absolute atomic E-state index is 0.396. The summed E-state index contributed by atoms with van der Waals surface area (Å²) in [6.45, 7) is 0. The maximum absolute atomic E-state index is 11.7. The Morgan fingerprint density at radius 3 is 1.73 bits per heavy atom. The number of ether oxygens (including phenoxy) is 2. The third-order valence-electron chi connectivity index (χ3n) is 4.19. The molecule has 2 aromatic rings. The van der Waals surface area contributed by atoms with E-state index in [2.05, 4.69) is 30.3 Å². The molecule has 4 heteroatoms. The highest BCUT2D eigenvalue weighted by molar-refractivity contribution is 5.94. The standard InChI is InChI=1S/C22H24O4/c1-25-21(23)20(22(24)26-2)16-10-9-15-19(17-11-5-3-6-12-17)18-13-7-4-8-14-18/h3-8,11-15,20H,9-10,16H2,1-2H3. The topological polar surface area (TPSA) is 52.6 Å². The molecule has 0 aliphatic rings. The van der Waals surface area contributed by atoms with Crippen molar-refractivity contribution < 1.29 is 19.1 Å². The number of hydrogen-bond donors (Lipinski definition) is 0. The lowest BCUT2D eigenvalue weighted by Crippen LogP contribution is -2.26. The maximum atomic E-state index is 11.7. The van der Waals surface area contributed by atoms with E-state index < -0.39 is 17.9 Å². The number of methoxy groups -OCH3 is 2. The van der Waals surface area contributed by atoms with Gasteiger partial charge in [-0.1, -0.05) is 66.7 Å². The Labute approximate surface area is 154 Å². The lowest BCUT2D eigenvalue weighted by Gasteiger charge is -2.12. The van der Waals surface area contributed by atoms with Crippen molar-refractivity contribution >= 4 is 17.5 Å². The Morgan fingerprint density at radius 1 is 0.846 bits per heavy atom. The molecule has 26 heavy (non-hydrogen) atoms. The number of esters is 2. The molecule has 0 aliphatic carbocycles. The summed E-state index contributed by atoms with van der Waals surface area (Å²) in [7, 11) is 2.56. The summed E-state index contributed by atoms with van der Waals surface area (Å²) in [5, 5.41) is 0. The fourth-order valence-corrected chi connectivity index (χ4v) is 2.82. The van der Waals surface area contributed by atoms with Crippen LogP contribution in [0.3, 0.4) is 0 Å². The zero-order valence-corrected chi connectivity index (χ0v) is 15.2. The van der Waals surface area contributed by atoms with E-state index in [0.717, 1.165) is 23.1 Å². The van der Waals surface area contributed by atoms with Gasteiger partial charge in [0.2, 0.25) is 0 Å². The van der Waals surface area contributed by atoms with Gasteiger partial charge in [0.05, 0.1) is 14.2 Å². The Hall–Kier alpha value is -2.88. The highest BCUT2D eigenvalue weighted by atomic mass is 16.5. The molecule has 0 unspecified atom stereocenters. The van der Waals surface area contributed by atoms with Crippen LogP contribution in [0.1, 0.15) is 30.4 Å². The van der Waals surface area contributed by atoms with Gasteiger partial charge in [0.1, 0.15) is 0 Å². The van der Waals surface area contributed by atoms with E-state index in [1.54, 1.807) is 0 Å². The molecule has 0 bridgehead atoms. The summed E-state index contributed by atoms with van der Waals surface area (Å²) in [5.74, 6) is -1.96. The van der Waals surface area contributed by atoms with Crippen molar-refractivity contribution in [2.24, 2.45) is 5.92 Å². The van der Waals surface area contributed by atoms with E-state index in [-0.39, 0.29) is 0 Å². The molecule has 0 atom stereocenters. The first-order chi connectivity index (χ1) is 12.7. The van der Waals surface area contributed by atoms with Crippen LogP contribution in [-0.4, -0.2) is 26.2 Å². The summed E-state index contributed by atoms with van der Waals surface area (Å²) in [6, 6.07) is 20.3. The Kier molecular flexibility index (Phi) is 7.62. The third kappa shape index (κ3) is 5.31. The zero-order chi connectivity index (χ0) is 18.8. The van der Waals surface area contributed by atoms with E-state index in [4.69, 9.17) is 9.47 Å². The van der Waals surface area contributed by atoms with Crippen molar-refractivity contribution in [2.75, 3.05) is 14.2 Å². The van der Waals surface area contributed by atoms with Gasteiger partial charge in [0, 0.05) is 0 Å². The Morgan fingerprint density at radius 2 is 1.31 bits per heavy atom. The number of hydrogen-bond acceptors (Lipinski definition) is 4. The summed E-state index contributed by atoms with van der Waals surface area (Å²) in [6.07, 6.45) is 3.96. The first-order valence-electron chi connectivity index (χ1n) is 8.64. The molecule has 0 aliphatic heterocycles. The van der Waals surface area contributed by atoms with Crippen LogP contribution >= 0.6 is 0 Å². The first kappa shape index (κ1) is 19.4. The van der Waals surface area contributed by atoms with Crippen LogP contribution in [-0.2, 0) is 19.1 Å². The van der Waals surface area contributed by atoms with Crippen molar-refractivity contribution in [1.29, 1.82) is 0 Å². The molecule has 0 saturated heterocycles. The number of allylic oxidation sites excluding steroid dienone is 1. The van der Waals surface area contributed by atoms with Gasteiger partial charge in [0.15, 0.2) is 5.92 Å². The van der Waals surface area contributed by atoms with Crippen LogP contribution in [0.4, 0.5) is 0 Å². The van der Waals surface area contributed by atoms with Gasteiger partial charge < -0.3 is 9.47 Å². The summed E-state index contributed by atoms with van der Waals surface area (Å²) >= 11 is 0. The van der Waals surface area contributed by atoms with Crippen molar-refractivity contribution in [3.63, 3.8) is 0 Å². The Bertz CT molecular complexity index is 678. The highest BCUT2D eigenvalue weighted by Crippen LogP contribution is 2.24. The van der Waals surface area contributed by atoms with Crippen LogP contribution < -0.4 is 0 Å². The number of unbranched alkanes of at least 4 members (excludes halogenated alkanes) is 1. The lowest BCUT2D eigenvalue weighted by atomic mass is 9.95. The molecule has 0 amide bonds. The molecule has 2 aromatic carbocycles. The van der Waals surface area contributed by atoms with Gasteiger partial charge in [-0.05, 0) is 36.0 Å². The van der Waals surface area contributed by atoms with Crippen molar-refractivity contribution in [3.8, 4) is 0 Å². The van der Waals surface area contributed by atoms with Crippen LogP contribution in [0, 0.1) is 5.92 Å². The molecule has 136 valence electrons. The van der Waals surface area contributed by atoms with Crippen molar-refractivity contribution in [2.45, 2.75) is 19.3 Å². The summed E-state index contributed by atoms with van der Waals surface area (Å²) < 4.78 is 9.39. The number of rotatable bonds is 8. The van der Waals surface area contributed by atoms with Crippen molar-refractivity contribution in [1.82, 2.24) is 0 Å². The van der Waals surface area contributed by atoms with E-state index in [1.807, 2.05) is 36.4 Å². The van der Waals surface area contributed by atoms with Crippen LogP contribution in [0.5, 0.6) is 0 Å². The van der Waals surface area contributed by atoms with Crippen LogP contribution in [0.15, 0.2) is 66.7 Å². The molecule has 0 radical (unpaired) electrons. The fraction of sp³-hybridized carbons (Fsp3) is 0.273. The van der Waals surface area contributed by atoms with Gasteiger partial charge in [0.25, 0.3) is 0 Å². The second-order valence-corrected chi connectivity index (χ2v) is 5.88. The van der Waals surface area contributed by atoms with Gasteiger partial charge in [-0.15, -0.1) is 0 Å². The average Bonchev–Trinajstić information content (AvgIpc) is 2.71. The van der Waals surface area contributed by atoms with E-state index in [1.165, 1.54) is 14.2 Å². The summed E-state index contributed by atoms with van der Waals surface area (Å²) in [4.78, 5) is 23.5. The average molecular weight is 352 g/mol. The van der Waals surface area contributed by atoms with E-state index in [0.29, 0.717) is 12.8 Å². The molecule has 4 nitrogen and oxygen atoms in total. The number of carbonyl (C=O) groups is 2. The van der Waals surface area contributed by atoms with Crippen molar-refractivity contribution in [3.05, 3.63) is 77.9 Å². The molecular formula is C22H24O4. The monoisotopic (exact) mass is 352 g/mol. The lowest BCUT2D eigenvalue weighted by molar-refractivity contribution is -0.159. The zero-order valence-electron chi connectivity index (χ0n) is 15.2. The minimum Gasteiger partial charge on any atom is -0.468 e. The van der Waals surface area contributed by atoms with Gasteiger partial charge in [-0.3, -0.25) is 9.59 Å². The second kappa shape index (κ2) is 10.2. The third-order valence-corrected chi connectivity index (χ3v) is 4.19. The molecule has 0 heterocycles. The van der Waals surface area contributed by atoms with Crippen LogP contribution in [0.2, 0.25) is 0 Å². The van der Waals surface area contributed by atoms with Gasteiger partial charge in [-0.25, -0.2) is 0 Å². The van der Waals surface area contributed by atoms with E-state index in [9.17, 15) is 9.59 Å². The van der Waals surface area contributed by atoms with Gasteiger partial charge in [-0.2, -0.15) is 0 Å². The first-order valence-corrected chi connectivity index (χ1v) is 8.64. The Balaban J connectivity index is 2.11. The minimum atomic E-state index is -0.865. The maximum Gasteiger partial charge on any atom is 0.320 e. The quantitative estimate of drug-likeness (QED) is 0.405. The normalized spacial score (nSPS) is 10.3. The number of carbonyl (C=O) groups excluding carboxylic acids is 2. The van der Waals surface area contributed by atoms with Crippen LogP contribution in [0.25, 0.3) is 5.57 Å². The highest BCUT2D eigenvalue weighted by Gasteiger charge is 2.27. The molecule has 0 fully saturated rings. The smallest absolute Gasteiger partial charge is 0.320 e. The molecule has 0 N–H and O–H groups in total. The molecular weight excluding hydrogens is 328 g/mol. The van der Waals surface area contributed by atoms with E-state index >= 15 is 0 Å². The largest absolute Gasteiger partial charge is 0.468 e. The second-order valence-electron chi connectivity index (χ2n) is 5.88. The predicted molar refractivity (Wildman–Crippen MR) is 101 cm³/mol.